The highest BCUT2D eigenvalue weighted by molar-refractivity contribution is 5.79. The smallest absolute Gasteiger partial charge is 0.193 e. The fourth-order valence-corrected chi connectivity index (χ4v) is 3.01. The highest BCUT2D eigenvalue weighted by Gasteiger charge is 2.09. The molecule has 0 amide bonds. The van der Waals surface area contributed by atoms with Gasteiger partial charge >= 0.3 is 0 Å². The third kappa shape index (κ3) is 6.10. The third-order valence-electron chi connectivity index (χ3n) is 4.69. The molecular weight excluding hydrogens is 362 g/mol. The zero-order chi connectivity index (χ0) is 20.5. The van der Waals surface area contributed by atoms with Crippen LogP contribution in [0.2, 0.25) is 0 Å². The zero-order valence-corrected chi connectivity index (χ0v) is 17.4. The summed E-state index contributed by atoms with van der Waals surface area (Å²) in [6, 6.07) is 18.5. The first kappa shape index (κ1) is 20.5. The minimum atomic E-state index is 0.586. The molecule has 0 fully saturated rings. The van der Waals surface area contributed by atoms with Crippen LogP contribution in [0.1, 0.15) is 17.0 Å². The van der Waals surface area contributed by atoms with E-state index in [2.05, 4.69) is 68.1 Å². The van der Waals surface area contributed by atoms with Crippen molar-refractivity contribution in [2.24, 2.45) is 4.99 Å². The molecule has 1 N–H and O–H groups in total. The lowest BCUT2D eigenvalue weighted by atomic mass is 10.2. The number of hydrogen-bond acceptors (Lipinski definition) is 3. The second-order valence-corrected chi connectivity index (χ2v) is 6.94. The molecule has 0 aliphatic heterocycles. The van der Waals surface area contributed by atoms with Crippen LogP contribution in [0.5, 0.6) is 5.75 Å². The Bertz CT molecular complexity index is 903. The van der Waals surface area contributed by atoms with Gasteiger partial charge in [0.05, 0.1) is 13.1 Å². The van der Waals surface area contributed by atoms with Gasteiger partial charge in [0, 0.05) is 33.0 Å². The molecule has 2 aromatic carbocycles. The van der Waals surface area contributed by atoms with Crippen LogP contribution in [0.15, 0.2) is 72.0 Å². The quantitative estimate of drug-likeness (QED) is 0.473. The van der Waals surface area contributed by atoms with Gasteiger partial charge in [0.25, 0.3) is 0 Å². The standard InChI is InChI=1S/C23H29N5O/c1-19-9-11-21(12-10-19)29-16-15-27(3)23(24-2)26-17-22-25-13-14-28(22)18-20-7-5-4-6-8-20/h4-14H,15-18H2,1-3H3,(H,24,26). The molecule has 6 heteroatoms. The summed E-state index contributed by atoms with van der Waals surface area (Å²) in [7, 11) is 3.79. The minimum absolute atomic E-state index is 0.586. The number of aromatic nitrogens is 2. The van der Waals surface area contributed by atoms with Crippen molar-refractivity contribution in [2.45, 2.75) is 20.0 Å². The normalized spacial score (nSPS) is 11.3. The fourth-order valence-electron chi connectivity index (χ4n) is 3.01. The van der Waals surface area contributed by atoms with Gasteiger partial charge < -0.3 is 19.5 Å². The lowest BCUT2D eigenvalue weighted by molar-refractivity contribution is 0.281. The molecule has 0 aliphatic carbocycles. The Kier molecular flexibility index (Phi) is 7.28. The van der Waals surface area contributed by atoms with Gasteiger partial charge in [0.1, 0.15) is 18.2 Å². The highest BCUT2D eigenvalue weighted by atomic mass is 16.5. The van der Waals surface area contributed by atoms with Gasteiger partial charge in [0.15, 0.2) is 5.96 Å². The van der Waals surface area contributed by atoms with Crippen molar-refractivity contribution in [1.82, 2.24) is 19.8 Å². The number of aliphatic imine (C=N–C) groups is 1. The van der Waals surface area contributed by atoms with Gasteiger partial charge in [-0.1, -0.05) is 48.0 Å². The number of benzene rings is 2. The molecule has 152 valence electrons. The monoisotopic (exact) mass is 391 g/mol. The van der Waals surface area contributed by atoms with Crippen molar-refractivity contribution in [3.05, 3.63) is 83.9 Å². The van der Waals surface area contributed by atoms with Gasteiger partial charge in [0.2, 0.25) is 0 Å². The average Bonchev–Trinajstić information content (AvgIpc) is 3.17. The van der Waals surface area contributed by atoms with Crippen molar-refractivity contribution in [2.75, 3.05) is 27.2 Å². The molecular formula is C23H29N5O. The van der Waals surface area contributed by atoms with E-state index in [9.17, 15) is 0 Å². The number of nitrogens with one attached hydrogen (secondary N) is 1. The molecule has 6 nitrogen and oxygen atoms in total. The van der Waals surface area contributed by atoms with Crippen LogP contribution >= 0.6 is 0 Å². The molecule has 0 saturated heterocycles. The molecule has 0 spiro atoms. The van der Waals surface area contributed by atoms with Crippen molar-refractivity contribution in [3.63, 3.8) is 0 Å². The zero-order valence-electron chi connectivity index (χ0n) is 17.4. The van der Waals surface area contributed by atoms with E-state index in [4.69, 9.17) is 4.74 Å². The molecule has 0 aliphatic rings. The van der Waals surface area contributed by atoms with Gasteiger partial charge in [-0.2, -0.15) is 0 Å². The summed E-state index contributed by atoms with van der Waals surface area (Å²) in [5.41, 5.74) is 2.48. The summed E-state index contributed by atoms with van der Waals surface area (Å²) in [5.74, 6) is 2.67. The van der Waals surface area contributed by atoms with Crippen LogP contribution in [0.4, 0.5) is 0 Å². The molecule has 1 heterocycles. The summed E-state index contributed by atoms with van der Waals surface area (Å²) >= 11 is 0. The van der Waals surface area contributed by atoms with Crippen molar-refractivity contribution >= 4 is 5.96 Å². The molecule has 0 unspecified atom stereocenters. The minimum Gasteiger partial charge on any atom is -0.492 e. The summed E-state index contributed by atoms with van der Waals surface area (Å²) in [6.45, 7) is 4.79. The number of imidazole rings is 1. The van der Waals surface area contributed by atoms with Crippen LogP contribution in [0, 0.1) is 6.92 Å². The third-order valence-corrected chi connectivity index (χ3v) is 4.69. The van der Waals surface area contributed by atoms with E-state index in [0.717, 1.165) is 30.6 Å². The summed E-state index contributed by atoms with van der Waals surface area (Å²) in [6.07, 6.45) is 3.84. The van der Waals surface area contributed by atoms with E-state index in [-0.39, 0.29) is 0 Å². The maximum atomic E-state index is 5.82. The van der Waals surface area contributed by atoms with E-state index >= 15 is 0 Å². The Labute approximate surface area is 172 Å². The van der Waals surface area contributed by atoms with Gasteiger partial charge in [-0.05, 0) is 24.6 Å². The van der Waals surface area contributed by atoms with Crippen molar-refractivity contribution in [1.29, 1.82) is 0 Å². The van der Waals surface area contributed by atoms with Crippen LogP contribution in [-0.2, 0) is 13.1 Å². The number of guanidine groups is 1. The Morgan fingerprint density at radius 2 is 1.90 bits per heavy atom. The predicted molar refractivity (Wildman–Crippen MR) is 117 cm³/mol. The molecule has 0 atom stereocenters. The first-order valence-corrected chi connectivity index (χ1v) is 9.81. The number of aryl methyl sites for hydroxylation is 1. The number of rotatable bonds is 8. The molecule has 0 saturated carbocycles. The largest absolute Gasteiger partial charge is 0.492 e. The first-order valence-electron chi connectivity index (χ1n) is 9.81. The van der Waals surface area contributed by atoms with Gasteiger partial charge in [-0.15, -0.1) is 0 Å². The Hall–Kier alpha value is -3.28. The number of nitrogens with zero attached hydrogens (tertiary/aromatic N) is 4. The van der Waals surface area contributed by atoms with Crippen molar-refractivity contribution < 1.29 is 4.74 Å². The van der Waals surface area contributed by atoms with E-state index in [0.29, 0.717) is 13.2 Å². The molecule has 29 heavy (non-hydrogen) atoms. The summed E-state index contributed by atoms with van der Waals surface area (Å²) < 4.78 is 7.97. The average molecular weight is 392 g/mol. The van der Waals surface area contributed by atoms with E-state index in [1.165, 1.54) is 11.1 Å². The van der Waals surface area contributed by atoms with Crippen LogP contribution in [-0.4, -0.2) is 47.7 Å². The highest BCUT2D eigenvalue weighted by Crippen LogP contribution is 2.11. The van der Waals surface area contributed by atoms with Gasteiger partial charge in [-0.3, -0.25) is 4.99 Å². The topological polar surface area (TPSA) is 54.7 Å². The Morgan fingerprint density at radius 3 is 2.62 bits per heavy atom. The van der Waals surface area contributed by atoms with E-state index in [1.807, 2.05) is 37.6 Å². The fraction of sp³-hybridized carbons (Fsp3) is 0.304. The lowest BCUT2D eigenvalue weighted by Crippen LogP contribution is -2.40. The maximum absolute atomic E-state index is 5.82. The molecule has 0 bridgehead atoms. The van der Waals surface area contributed by atoms with Gasteiger partial charge in [-0.25, -0.2) is 4.98 Å². The molecule has 1 aromatic heterocycles. The van der Waals surface area contributed by atoms with Crippen LogP contribution < -0.4 is 10.1 Å². The Balaban J connectivity index is 1.48. The summed E-state index contributed by atoms with van der Waals surface area (Å²) in [5, 5.41) is 3.39. The molecule has 0 radical (unpaired) electrons. The predicted octanol–water partition coefficient (Wildman–Crippen LogP) is 3.33. The maximum Gasteiger partial charge on any atom is 0.193 e. The number of likely N-dealkylation sites (N-methyl/N-ethyl adjacent to an activating group) is 1. The van der Waals surface area contributed by atoms with E-state index < -0.39 is 0 Å². The molecule has 3 aromatic rings. The first-order chi connectivity index (χ1) is 14.2. The molecule has 3 rings (SSSR count). The van der Waals surface area contributed by atoms with Crippen molar-refractivity contribution in [3.8, 4) is 5.75 Å². The SMILES string of the molecule is CN=C(NCc1nccn1Cc1ccccc1)N(C)CCOc1ccc(C)cc1. The lowest BCUT2D eigenvalue weighted by Gasteiger charge is -2.22. The Morgan fingerprint density at radius 1 is 1.14 bits per heavy atom. The number of hydrogen-bond donors (Lipinski definition) is 1. The second kappa shape index (κ2) is 10.3. The summed E-state index contributed by atoms with van der Waals surface area (Å²) in [4.78, 5) is 10.9. The number of ether oxygens (including phenoxy) is 1. The van der Waals surface area contributed by atoms with Crippen LogP contribution in [0.3, 0.4) is 0 Å². The van der Waals surface area contributed by atoms with E-state index in [1.54, 1.807) is 7.05 Å². The van der Waals surface area contributed by atoms with Crippen LogP contribution in [0.25, 0.3) is 0 Å². The second-order valence-electron chi connectivity index (χ2n) is 6.94.